The van der Waals surface area contributed by atoms with Crippen molar-refractivity contribution in [3.63, 3.8) is 0 Å². The molecule has 0 bridgehead atoms. The number of thiocarbonyl (C=S) groups is 1. The third-order valence-electron chi connectivity index (χ3n) is 4.99. The highest BCUT2D eigenvalue weighted by Gasteiger charge is 2.32. The Morgan fingerprint density at radius 1 is 1.10 bits per heavy atom. The third kappa shape index (κ3) is 5.01. The molecule has 2 N–H and O–H groups in total. The van der Waals surface area contributed by atoms with Crippen LogP contribution < -0.4 is 10.6 Å². The van der Waals surface area contributed by atoms with E-state index in [2.05, 4.69) is 29.7 Å². The molecule has 6 heteroatoms. The molecule has 0 radical (unpaired) electrons. The minimum atomic E-state index is -0.469. The summed E-state index contributed by atoms with van der Waals surface area (Å²) in [5.41, 5.74) is 3.77. The minimum Gasteiger partial charge on any atom is -0.466 e. The number of halogens is 1. The van der Waals surface area contributed by atoms with Crippen LogP contribution in [0.3, 0.4) is 0 Å². The Hall–Kier alpha value is -2.73. The zero-order valence-electron chi connectivity index (χ0n) is 16.6. The number of aryl methyl sites for hydroxylation is 1. The number of unbranched alkanes of at least 4 members (excludes halogenated alkanes) is 2. The van der Waals surface area contributed by atoms with Crippen molar-refractivity contribution in [3.8, 4) is 0 Å². The van der Waals surface area contributed by atoms with E-state index in [1.807, 2.05) is 12.1 Å². The van der Waals surface area contributed by atoms with Gasteiger partial charge in [-0.25, -0.2) is 9.18 Å². The van der Waals surface area contributed by atoms with Crippen molar-refractivity contribution in [2.75, 3.05) is 7.11 Å². The van der Waals surface area contributed by atoms with Crippen molar-refractivity contribution in [2.45, 2.75) is 38.6 Å². The Balaban J connectivity index is 1.99. The first-order chi connectivity index (χ1) is 14.0. The van der Waals surface area contributed by atoms with Crippen LogP contribution >= 0.6 is 12.2 Å². The molecule has 0 fully saturated rings. The number of hydrogen-bond donors (Lipinski definition) is 2. The van der Waals surface area contributed by atoms with Crippen LogP contribution in [-0.4, -0.2) is 18.2 Å². The molecule has 2 aromatic carbocycles. The van der Waals surface area contributed by atoms with Crippen LogP contribution in [0.25, 0.3) is 5.70 Å². The quantitative estimate of drug-likeness (QED) is 0.393. The molecule has 29 heavy (non-hydrogen) atoms. The summed E-state index contributed by atoms with van der Waals surface area (Å²) in [7, 11) is 1.35. The minimum absolute atomic E-state index is 0.347. The number of carbonyl (C=O) groups excluding carboxylic acids is 1. The number of ether oxygens (including phenoxy) is 1. The van der Waals surface area contributed by atoms with Crippen molar-refractivity contribution in [1.82, 2.24) is 10.6 Å². The van der Waals surface area contributed by atoms with E-state index in [9.17, 15) is 9.18 Å². The average molecular weight is 413 g/mol. The smallest absolute Gasteiger partial charge is 0.338 e. The lowest BCUT2D eigenvalue weighted by molar-refractivity contribution is -0.136. The Labute approximate surface area is 176 Å². The highest BCUT2D eigenvalue weighted by Crippen LogP contribution is 2.32. The van der Waals surface area contributed by atoms with Gasteiger partial charge in [-0.2, -0.15) is 0 Å². The summed E-state index contributed by atoms with van der Waals surface area (Å²) in [6.07, 6.45) is 4.59. The second-order valence-corrected chi connectivity index (χ2v) is 7.43. The zero-order chi connectivity index (χ0) is 20.8. The van der Waals surface area contributed by atoms with Gasteiger partial charge in [-0.3, -0.25) is 0 Å². The van der Waals surface area contributed by atoms with Gasteiger partial charge in [-0.15, -0.1) is 0 Å². The molecule has 1 unspecified atom stereocenters. The van der Waals surface area contributed by atoms with E-state index in [1.54, 1.807) is 12.1 Å². The lowest BCUT2D eigenvalue weighted by Crippen LogP contribution is -2.45. The molecule has 1 aliphatic heterocycles. The van der Waals surface area contributed by atoms with Gasteiger partial charge in [0.2, 0.25) is 0 Å². The molecule has 152 valence electrons. The fourth-order valence-electron chi connectivity index (χ4n) is 3.44. The monoisotopic (exact) mass is 412 g/mol. The first-order valence-electron chi connectivity index (χ1n) is 9.78. The van der Waals surface area contributed by atoms with Crippen LogP contribution in [0.5, 0.6) is 0 Å². The summed E-state index contributed by atoms with van der Waals surface area (Å²) in [5, 5.41) is 6.61. The fourth-order valence-corrected chi connectivity index (χ4v) is 3.66. The molecule has 0 aliphatic carbocycles. The summed E-state index contributed by atoms with van der Waals surface area (Å²) < 4.78 is 18.4. The zero-order valence-corrected chi connectivity index (χ0v) is 17.4. The Morgan fingerprint density at radius 3 is 2.41 bits per heavy atom. The fraction of sp³-hybridized carbons (Fsp3) is 0.304. The van der Waals surface area contributed by atoms with Crippen LogP contribution in [0.2, 0.25) is 0 Å². The number of esters is 1. The molecule has 0 saturated heterocycles. The van der Waals surface area contributed by atoms with Crippen molar-refractivity contribution in [3.05, 3.63) is 76.6 Å². The van der Waals surface area contributed by atoms with E-state index in [-0.39, 0.29) is 5.82 Å². The van der Waals surface area contributed by atoms with Gasteiger partial charge in [0.25, 0.3) is 0 Å². The molecule has 0 amide bonds. The Bertz CT molecular complexity index is 907. The van der Waals surface area contributed by atoms with Gasteiger partial charge in [-0.05, 0) is 66.0 Å². The first kappa shape index (κ1) is 21.0. The maximum atomic E-state index is 13.4. The normalized spacial score (nSPS) is 16.2. The lowest BCUT2D eigenvalue weighted by Gasteiger charge is -2.31. The molecule has 4 nitrogen and oxygen atoms in total. The van der Waals surface area contributed by atoms with Crippen LogP contribution in [0, 0.1) is 5.82 Å². The summed E-state index contributed by atoms with van der Waals surface area (Å²) in [6.45, 7) is 2.19. The lowest BCUT2D eigenvalue weighted by atomic mass is 9.92. The van der Waals surface area contributed by atoms with Gasteiger partial charge in [0.05, 0.1) is 24.4 Å². The molecule has 1 heterocycles. The van der Waals surface area contributed by atoms with Crippen molar-refractivity contribution < 1.29 is 13.9 Å². The predicted molar refractivity (Wildman–Crippen MR) is 117 cm³/mol. The summed E-state index contributed by atoms with van der Waals surface area (Å²) in [6, 6.07) is 13.7. The molecule has 3 rings (SSSR count). The number of benzene rings is 2. The van der Waals surface area contributed by atoms with Gasteiger partial charge < -0.3 is 15.4 Å². The molecule has 1 aliphatic rings. The molecular weight excluding hydrogens is 387 g/mol. The van der Waals surface area contributed by atoms with Crippen LogP contribution in [0.4, 0.5) is 4.39 Å². The van der Waals surface area contributed by atoms with Crippen LogP contribution in [-0.2, 0) is 16.0 Å². The second kappa shape index (κ2) is 9.65. The van der Waals surface area contributed by atoms with Crippen LogP contribution in [0.1, 0.15) is 48.9 Å². The van der Waals surface area contributed by atoms with Gasteiger partial charge >= 0.3 is 5.97 Å². The molecule has 1 atom stereocenters. The van der Waals surface area contributed by atoms with E-state index in [0.29, 0.717) is 21.9 Å². The van der Waals surface area contributed by atoms with Gasteiger partial charge in [-0.1, -0.05) is 44.0 Å². The van der Waals surface area contributed by atoms with E-state index in [0.717, 1.165) is 18.4 Å². The van der Waals surface area contributed by atoms with Crippen molar-refractivity contribution >= 4 is 29.0 Å². The standard InChI is InChI=1S/C23H25FN2O2S/c1-3-4-5-6-15-7-9-16(10-8-15)20-19(22(27)28-2)21(26-23(29)25-20)17-11-13-18(24)14-12-17/h7-14,20H,3-6H2,1-2H3,(H2,25,26,29). The van der Waals surface area contributed by atoms with Gasteiger partial charge in [0.1, 0.15) is 5.82 Å². The molecule has 0 saturated carbocycles. The SMILES string of the molecule is CCCCCc1ccc(C2NC(=S)NC(c3ccc(F)cc3)=C2C(=O)OC)cc1. The summed E-state index contributed by atoms with van der Waals surface area (Å²) in [4.78, 5) is 12.7. The Kier molecular flexibility index (Phi) is 6.99. The van der Waals surface area contributed by atoms with Crippen molar-refractivity contribution in [2.24, 2.45) is 0 Å². The number of carbonyl (C=O) groups is 1. The summed E-state index contributed by atoms with van der Waals surface area (Å²) in [5.74, 6) is -0.815. The third-order valence-corrected chi connectivity index (χ3v) is 5.21. The highest BCUT2D eigenvalue weighted by atomic mass is 32.1. The molecule has 2 aromatic rings. The first-order valence-corrected chi connectivity index (χ1v) is 10.2. The van der Waals surface area contributed by atoms with Crippen molar-refractivity contribution in [1.29, 1.82) is 0 Å². The second-order valence-electron chi connectivity index (χ2n) is 7.02. The molecule has 0 spiro atoms. The number of rotatable bonds is 7. The summed E-state index contributed by atoms with van der Waals surface area (Å²) >= 11 is 5.38. The topological polar surface area (TPSA) is 50.4 Å². The average Bonchev–Trinajstić information content (AvgIpc) is 2.74. The van der Waals surface area contributed by atoms with E-state index in [1.165, 1.54) is 37.6 Å². The number of methoxy groups -OCH3 is 1. The maximum Gasteiger partial charge on any atom is 0.338 e. The Morgan fingerprint density at radius 2 is 1.79 bits per heavy atom. The van der Waals surface area contributed by atoms with Gasteiger partial charge in [0.15, 0.2) is 5.11 Å². The van der Waals surface area contributed by atoms with E-state index < -0.39 is 12.0 Å². The van der Waals surface area contributed by atoms with Gasteiger partial charge in [0, 0.05) is 0 Å². The van der Waals surface area contributed by atoms with E-state index in [4.69, 9.17) is 17.0 Å². The maximum absolute atomic E-state index is 13.4. The molecular formula is C23H25FN2O2S. The van der Waals surface area contributed by atoms with Crippen LogP contribution in [0.15, 0.2) is 54.1 Å². The van der Waals surface area contributed by atoms with E-state index >= 15 is 0 Å². The largest absolute Gasteiger partial charge is 0.466 e. The highest BCUT2D eigenvalue weighted by molar-refractivity contribution is 7.80. The number of hydrogen-bond acceptors (Lipinski definition) is 3. The molecule has 0 aromatic heterocycles. The predicted octanol–water partition coefficient (Wildman–Crippen LogP) is 4.66. The number of nitrogens with one attached hydrogen (secondary N) is 2.